The molecule has 2 aliphatic rings. The molecule has 0 amide bonds. The molecular weight excluding hydrogens is 186 g/mol. The Morgan fingerprint density at radius 3 is 2.80 bits per heavy atom. The molecule has 15 heavy (non-hydrogen) atoms. The van der Waals surface area contributed by atoms with Crippen LogP contribution in [0.4, 0.5) is 0 Å². The van der Waals surface area contributed by atoms with Crippen molar-refractivity contribution >= 4 is 0 Å². The van der Waals surface area contributed by atoms with Crippen molar-refractivity contribution in [2.24, 2.45) is 0 Å². The summed E-state index contributed by atoms with van der Waals surface area (Å²) >= 11 is 0. The van der Waals surface area contributed by atoms with Gasteiger partial charge in [0.2, 0.25) is 0 Å². The highest BCUT2D eigenvalue weighted by Crippen LogP contribution is 2.19. The summed E-state index contributed by atoms with van der Waals surface area (Å²) in [4.78, 5) is 5.29. The fraction of sp³-hybridized carbons (Fsp3) is 1.00. The molecular formula is C12H25N3. The van der Waals surface area contributed by atoms with E-state index in [4.69, 9.17) is 0 Å². The minimum Gasteiger partial charge on any atom is -0.315 e. The van der Waals surface area contributed by atoms with Crippen LogP contribution in [0.2, 0.25) is 0 Å². The van der Waals surface area contributed by atoms with Gasteiger partial charge in [-0.25, -0.2) is 0 Å². The summed E-state index contributed by atoms with van der Waals surface area (Å²) in [6, 6.07) is 1.63. The van der Waals surface area contributed by atoms with E-state index in [1.807, 2.05) is 0 Å². The van der Waals surface area contributed by atoms with E-state index < -0.39 is 0 Å². The van der Waals surface area contributed by atoms with Gasteiger partial charge < -0.3 is 5.32 Å². The van der Waals surface area contributed by atoms with Crippen LogP contribution in [-0.2, 0) is 0 Å². The van der Waals surface area contributed by atoms with Gasteiger partial charge in [0.15, 0.2) is 0 Å². The number of nitrogens with one attached hydrogen (secondary N) is 1. The Morgan fingerprint density at radius 2 is 2.07 bits per heavy atom. The first kappa shape index (κ1) is 11.4. The van der Waals surface area contributed by atoms with Gasteiger partial charge in [0.25, 0.3) is 0 Å². The molecule has 0 radical (unpaired) electrons. The molecule has 1 unspecified atom stereocenters. The summed E-state index contributed by atoms with van der Waals surface area (Å²) in [6.07, 6.45) is 2.61. The van der Waals surface area contributed by atoms with Crippen molar-refractivity contribution in [2.45, 2.75) is 38.8 Å². The zero-order chi connectivity index (χ0) is 10.7. The Kier molecular flexibility index (Phi) is 4.00. The molecule has 0 aromatic carbocycles. The smallest absolute Gasteiger partial charge is 0.0351 e. The number of hydrogen-bond acceptors (Lipinski definition) is 3. The standard InChI is InChI=1S/C12H25N3/c1-3-11(2)15-9-12(10-15)14-7-4-5-13-6-8-14/h11-13H,3-10H2,1-2H3. The Bertz CT molecular complexity index is 181. The lowest BCUT2D eigenvalue weighted by Crippen LogP contribution is -2.62. The Labute approximate surface area is 93.8 Å². The maximum absolute atomic E-state index is 3.47. The molecule has 3 heteroatoms. The van der Waals surface area contributed by atoms with Gasteiger partial charge in [-0.2, -0.15) is 0 Å². The van der Waals surface area contributed by atoms with Gasteiger partial charge >= 0.3 is 0 Å². The molecule has 2 fully saturated rings. The lowest BCUT2D eigenvalue weighted by atomic mass is 10.0. The molecule has 0 aliphatic carbocycles. The molecule has 2 heterocycles. The average Bonchev–Trinajstić information content (AvgIpc) is 2.44. The highest BCUT2D eigenvalue weighted by molar-refractivity contribution is 4.91. The molecule has 2 aliphatic heterocycles. The molecule has 0 bridgehead atoms. The first-order valence-corrected chi connectivity index (χ1v) is 6.50. The van der Waals surface area contributed by atoms with Gasteiger partial charge in [-0.3, -0.25) is 9.80 Å². The van der Waals surface area contributed by atoms with Crippen molar-refractivity contribution in [3.63, 3.8) is 0 Å². The summed E-state index contributed by atoms with van der Waals surface area (Å²) < 4.78 is 0. The van der Waals surface area contributed by atoms with Crippen LogP contribution in [0.25, 0.3) is 0 Å². The fourth-order valence-electron chi connectivity index (χ4n) is 2.57. The molecule has 1 atom stereocenters. The summed E-state index contributed by atoms with van der Waals surface area (Å²) in [5.74, 6) is 0. The molecule has 88 valence electrons. The van der Waals surface area contributed by atoms with E-state index in [-0.39, 0.29) is 0 Å². The van der Waals surface area contributed by atoms with Crippen molar-refractivity contribution in [3.05, 3.63) is 0 Å². The number of nitrogens with zero attached hydrogens (tertiary/aromatic N) is 2. The van der Waals surface area contributed by atoms with Crippen molar-refractivity contribution < 1.29 is 0 Å². The van der Waals surface area contributed by atoms with E-state index in [2.05, 4.69) is 29.0 Å². The van der Waals surface area contributed by atoms with E-state index in [1.54, 1.807) is 0 Å². The SMILES string of the molecule is CCC(C)N1CC(N2CCCNCC2)C1. The van der Waals surface area contributed by atoms with E-state index in [1.165, 1.54) is 52.1 Å². The van der Waals surface area contributed by atoms with Crippen LogP contribution in [-0.4, -0.2) is 61.2 Å². The van der Waals surface area contributed by atoms with E-state index in [0.29, 0.717) is 0 Å². The second-order valence-electron chi connectivity index (χ2n) is 5.00. The monoisotopic (exact) mass is 211 g/mol. The van der Waals surface area contributed by atoms with Crippen molar-refractivity contribution in [3.8, 4) is 0 Å². The molecule has 1 N–H and O–H groups in total. The zero-order valence-electron chi connectivity index (χ0n) is 10.2. The lowest BCUT2D eigenvalue weighted by molar-refractivity contribution is 0.0113. The van der Waals surface area contributed by atoms with Crippen LogP contribution >= 0.6 is 0 Å². The van der Waals surface area contributed by atoms with Crippen molar-refractivity contribution in [1.82, 2.24) is 15.1 Å². The predicted octanol–water partition coefficient (Wildman–Crippen LogP) is 0.764. The third-order valence-corrected chi connectivity index (χ3v) is 4.00. The van der Waals surface area contributed by atoms with Gasteiger partial charge in [-0.05, 0) is 32.9 Å². The summed E-state index contributed by atoms with van der Waals surface area (Å²) in [6.45, 7) is 12.2. The Balaban J connectivity index is 1.73. The van der Waals surface area contributed by atoms with Crippen LogP contribution in [0.3, 0.4) is 0 Å². The molecule has 0 saturated carbocycles. The van der Waals surface area contributed by atoms with Crippen LogP contribution in [0, 0.1) is 0 Å². The summed E-state index contributed by atoms with van der Waals surface area (Å²) in [5.41, 5.74) is 0. The minimum atomic E-state index is 0.784. The van der Waals surface area contributed by atoms with Crippen molar-refractivity contribution in [1.29, 1.82) is 0 Å². The van der Waals surface area contributed by atoms with Crippen molar-refractivity contribution in [2.75, 3.05) is 39.3 Å². The third-order valence-electron chi connectivity index (χ3n) is 4.00. The molecule has 0 aromatic rings. The first-order valence-electron chi connectivity index (χ1n) is 6.50. The van der Waals surface area contributed by atoms with Crippen LogP contribution in [0.1, 0.15) is 26.7 Å². The van der Waals surface area contributed by atoms with Gasteiger partial charge in [-0.1, -0.05) is 6.92 Å². The second-order valence-corrected chi connectivity index (χ2v) is 5.00. The molecule has 2 rings (SSSR count). The predicted molar refractivity (Wildman–Crippen MR) is 64.2 cm³/mol. The number of hydrogen-bond donors (Lipinski definition) is 1. The minimum absolute atomic E-state index is 0.784. The number of likely N-dealkylation sites (tertiary alicyclic amines) is 1. The molecule has 3 nitrogen and oxygen atoms in total. The van der Waals surface area contributed by atoms with Crippen LogP contribution in [0.5, 0.6) is 0 Å². The van der Waals surface area contributed by atoms with Crippen LogP contribution < -0.4 is 5.32 Å². The largest absolute Gasteiger partial charge is 0.315 e. The van der Waals surface area contributed by atoms with Gasteiger partial charge in [0.1, 0.15) is 0 Å². The van der Waals surface area contributed by atoms with E-state index in [9.17, 15) is 0 Å². The molecule has 2 saturated heterocycles. The van der Waals surface area contributed by atoms with E-state index in [0.717, 1.165) is 12.1 Å². The zero-order valence-corrected chi connectivity index (χ0v) is 10.2. The van der Waals surface area contributed by atoms with Gasteiger partial charge in [0.05, 0.1) is 0 Å². The van der Waals surface area contributed by atoms with E-state index >= 15 is 0 Å². The Morgan fingerprint density at radius 1 is 1.27 bits per heavy atom. The lowest BCUT2D eigenvalue weighted by Gasteiger charge is -2.48. The number of rotatable bonds is 3. The maximum Gasteiger partial charge on any atom is 0.0351 e. The third kappa shape index (κ3) is 2.71. The second kappa shape index (κ2) is 5.28. The topological polar surface area (TPSA) is 18.5 Å². The normalized spacial score (nSPS) is 28.4. The molecule has 0 aromatic heterocycles. The first-order chi connectivity index (χ1) is 7.31. The maximum atomic E-state index is 3.47. The van der Waals surface area contributed by atoms with Crippen LogP contribution in [0.15, 0.2) is 0 Å². The summed E-state index contributed by atoms with van der Waals surface area (Å²) in [7, 11) is 0. The van der Waals surface area contributed by atoms with Gasteiger partial charge in [-0.15, -0.1) is 0 Å². The summed E-state index contributed by atoms with van der Waals surface area (Å²) in [5, 5.41) is 3.47. The average molecular weight is 211 g/mol. The Hall–Kier alpha value is -0.120. The van der Waals surface area contributed by atoms with Gasteiger partial charge in [0, 0.05) is 38.3 Å². The highest BCUT2D eigenvalue weighted by atomic mass is 15.3. The fourth-order valence-corrected chi connectivity index (χ4v) is 2.57. The quantitative estimate of drug-likeness (QED) is 0.744. The molecule has 0 spiro atoms. The highest BCUT2D eigenvalue weighted by Gasteiger charge is 2.33.